The number of carboxylic acids is 1. The first-order chi connectivity index (χ1) is 21.1. The van der Waals surface area contributed by atoms with Crippen LogP contribution in [0.3, 0.4) is 0 Å². The Balaban J connectivity index is 1.29. The van der Waals surface area contributed by atoms with Crippen LogP contribution in [0.2, 0.25) is 0 Å². The molecule has 0 spiro atoms. The standard InChI is InChI=1S/C27H32N6O10S2/c1-27(2)18(24(35)33(27)43-45(38,39)40)10-20(34)23(19-14-44-26(28)29-19)30-42-21(25(36)37)13-41-17-7-8-22-31(3)16(11-32(22)12-17)9-15-5-4-6-15/h7-8,11-12,14-15,18,21H,4-6,9-10,13H2,1-3H3,(H3-,28,29,36,37,38,39,40)/p+1/b30-23-/t18-,21+/m1/s1. The molecule has 5 rings (SSSR count). The highest BCUT2D eigenvalue weighted by Crippen LogP contribution is 2.40. The number of aryl methyl sites for hydroxylation is 1. The van der Waals surface area contributed by atoms with Gasteiger partial charge in [0.1, 0.15) is 30.4 Å². The molecule has 1 saturated carbocycles. The van der Waals surface area contributed by atoms with Crippen molar-refractivity contribution in [3.05, 3.63) is 41.3 Å². The number of carbonyl (C=O) groups is 3. The van der Waals surface area contributed by atoms with Crippen molar-refractivity contribution < 1.29 is 50.7 Å². The molecule has 3 aromatic heterocycles. The van der Waals surface area contributed by atoms with Crippen LogP contribution in [-0.4, -0.2) is 74.3 Å². The number of β-lactam (4-membered cyclic amide) rings is 1. The number of nitrogens with zero attached hydrogens (tertiary/aromatic N) is 5. The van der Waals surface area contributed by atoms with E-state index in [4.69, 9.17) is 19.9 Å². The minimum absolute atomic E-state index is 0.00758. The summed E-state index contributed by atoms with van der Waals surface area (Å²) in [4.78, 5) is 47.2. The molecule has 2 atom stereocenters. The zero-order valence-corrected chi connectivity index (χ0v) is 26.3. The number of hydrogen-bond donors (Lipinski definition) is 3. The van der Waals surface area contributed by atoms with Crippen LogP contribution in [0.15, 0.2) is 35.1 Å². The maximum absolute atomic E-state index is 13.3. The van der Waals surface area contributed by atoms with Gasteiger partial charge in [-0.25, -0.2) is 14.3 Å². The monoisotopic (exact) mass is 665 g/mol. The molecule has 1 saturated heterocycles. The number of hydroxylamine groups is 2. The van der Waals surface area contributed by atoms with Gasteiger partial charge < -0.3 is 20.4 Å². The number of hydrogen-bond acceptors (Lipinski definition) is 12. The number of imidazole rings is 1. The van der Waals surface area contributed by atoms with Gasteiger partial charge in [-0.1, -0.05) is 11.6 Å². The molecule has 0 bridgehead atoms. The van der Waals surface area contributed by atoms with E-state index in [1.165, 1.54) is 44.2 Å². The predicted molar refractivity (Wildman–Crippen MR) is 157 cm³/mol. The summed E-state index contributed by atoms with van der Waals surface area (Å²) in [6.07, 6.45) is 6.34. The van der Waals surface area contributed by atoms with Gasteiger partial charge in [0.25, 0.3) is 17.7 Å². The fourth-order valence-corrected chi connectivity index (χ4v) is 6.26. The van der Waals surface area contributed by atoms with Crippen LogP contribution in [-0.2, 0) is 47.4 Å². The lowest BCUT2D eigenvalue weighted by Crippen LogP contribution is -2.68. The molecule has 4 N–H and O–H groups in total. The molecule has 4 heterocycles. The highest BCUT2D eigenvalue weighted by atomic mass is 32.3. The van der Waals surface area contributed by atoms with E-state index in [0.29, 0.717) is 16.7 Å². The van der Waals surface area contributed by atoms with E-state index >= 15 is 0 Å². The summed E-state index contributed by atoms with van der Waals surface area (Å²) < 4.78 is 45.3. The first kappa shape index (κ1) is 32.3. The van der Waals surface area contributed by atoms with Crippen molar-refractivity contribution in [1.29, 1.82) is 0 Å². The third kappa shape index (κ3) is 6.92. The summed E-state index contributed by atoms with van der Waals surface area (Å²) in [6.45, 7) is 2.41. The van der Waals surface area contributed by atoms with Crippen molar-refractivity contribution in [2.24, 2.45) is 24.0 Å². The van der Waals surface area contributed by atoms with Crippen LogP contribution in [0.5, 0.6) is 5.75 Å². The highest BCUT2D eigenvalue weighted by Gasteiger charge is 2.57. The second-order valence-corrected chi connectivity index (χ2v) is 13.4. The van der Waals surface area contributed by atoms with E-state index in [-0.39, 0.29) is 10.8 Å². The van der Waals surface area contributed by atoms with E-state index in [9.17, 15) is 27.9 Å². The lowest BCUT2D eigenvalue weighted by molar-refractivity contribution is -0.511. The second kappa shape index (κ2) is 12.3. The minimum atomic E-state index is -4.98. The number of thiazole rings is 1. The van der Waals surface area contributed by atoms with Gasteiger partial charge in [-0.15, -0.1) is 15.6 Å². The van der Waals surface area contributed by atoms with Gasteiger partial charge in [-0.2, -0.15) is 17.9 Å². The van der Waals surface area contributed by atoms with Crippen LogP contribution in [0.1, 0.15) is 50.9 Å². The normalized spacial score (nSPS) is 19.2. The molecule has 0 unspecified atom stereocenters. The quantitative estimate of drug-likeness (QED) is 0.0731. The smallest absolute Gasteiger partial charge is 0.418 e. The number of Topliss-reactive ketones (excluding diaryl/α,β-unsaturated/α-hetero) is 1. The molecule has 0 aromatic carbocycles. The number of nitrogen functional groups attached to an aromatic ring is 1. The number of amides is 1. The van der Waals surface area contributed by atoms with Crippen molar-refractivity contribution in [1.82, 2.24) is 14.6 Å². The minimum Gasteiger partial charge on any atom is -0.485 e. The third-order valence-electron chi connectivity index (χ3n) is 8.12. The van der Waals surface area contributed by atoms with Crippen molar-refractivity contribution in [3.63, 3.8) is 0 Å². The molecule has 45 heavy (non-hydrogen) atoms. The number of aliphatic carboxylic acids is 1. The number of carboxylic acid groups (broad SMARTS) is 1. The Kier molecular flexibility index (Phi) is 8.85. The van der Waals surface area contributed by atoms with Crippen LogP contribution >= 0.6 is 11.3 Å². The number of anilines is 1. The third-order valence-corrected chi connectivity index (χ3v) is 9.13. The topological polar surface area (TPSA) is 217 Å². The molecule has 1 aliphatic carbocycles. The van der Waals surface area contributed by atoms with Crippen molar-refractivity contribution in [3.8, 4) is 5.75 Å². The number of carbonyl (C=O) groups excluding carboxylic acids is 2. The molecule has 16 nitrogen and oxygen atoms in total. The Morgan fingerprint density at radius 3 is 2.60 bits per heavy atom. The molecule has 2 aliphatic rings. The molecule has 18 heteroatoms. The van der Waals surface area contributed by atoms with E-state index in [1.807, 2.05) is 23.7 Å². The van der Waals surface area contributed by atoms with E-state index in [1.54, 1.807) is 12.3 Å². The molecular weight excluding hydrogens is 632 g/mol. The molecular formula is C27H33N6O10S2+. The summed E-state index contributed by atoms with van der Waals surface area (Å²) in [6, 6.07) is 3.58. The zero-order chi connectivity index (χ0) is 32.7. The summed E-state index contributed by atoms with van der Waals surface area (Å²) in [5, 5.41) is 15.5. The first-order valence-electron chi connectivity index (χ1n) is 14.0. The molecule has 3 aromatic rings. The van der Waals surface area contributed by atoms with Crippen molar-refractivity contribution >= 4 is 55.9 Å². The predicted octanol–water partition coefficient (Wildman–Crippen LogP) is 1.33. The number of ketones is 1. The largest absolute Gasteiger partial charge is 0.485 e. The fourth-order valence-electron chi connectivity index (χ4n) is 5.26. The first-order valence-corrected chi connectivity index (χ1v) is 16.2. The summed E-state index contributed by atoms with van der Waals surface area (Å²) in [5.74, 6) is -3.03. The van der Waals surface area contributed by atoms with Crippen molar-refractivity contribution in [2.75, 3.05) is 12.3 Å². The van der Waals surface area contributed by atoms with Gasteiger partial charge >= 0.3 is 16.4 Å². The van der Waals surface area contributed by atoms with Gasteiger partial charge in [-0.3, -0.25) is 14.1 Å². The van der Waals surface area contributed by atoms with E-state index < -0.39 is 64.4 Å². The molecule has 1 aliphatic heterocycles. The number of aromatic nitrogens is 3. The zero-order valence-electron chi connectivity index (χ0n) is 24.7. The number of rotatable bonds is 14. The van der Waals surface area contributed by atoms with Crippen LogP contribution in [0.25, 0.3) is 5.65 Å². The summed E-state index contributed by atoms with van der Waals surface area (Å²) in [7, 11) is -2.98. The van der Waals surface area contributed by atoms with Gasteiger partial charge in [0.2, 0.25) is 0 Å². The Morgan fingerprint density at radius 2 is 2.02 bits per heavy atom. The number of nitrogens with two attached hydrogens (primary N) is 1. The average molecular weight is 666 g/mol. The summed E-state index contributed by atoms with van der Waals surface area (Å²) in [5.41, 5.74) is 6.14. The Labute approximate surface area is 261 Å². The van der Waals surface area contributed by atoms with Crippen molar-refractivity contribution in [2.45, 2.75) is 57.6 Å². The lowest BCUT2D eigenvalue weighted by atomic mass is 9.74. The van der Waals surface area contributed by atoms with Gasteiger partial charge in [-0.05, 0) is 38.7 Å². The number of pyridine rings is 1. The maximum atomic E-state index is 13.3. The summed E-state index contributed by atoms with van der Waals surface area (Å²) >= 11 is 0.998. The van der Waals surface area contributed by atoms with Gasteiger partial charge in [0, 0.05) is 24.3 Å². The second-order valence-electron chi connectivity index (χ2n) is 11.5. The lowest BCUT2D eigenvalue weighted by Gasteiger charge is -2.50. The SMILES string of the molecule is Cn1c(CC2CCC2)c[n+]2cc(OC[C@H](O/N=C(\C(=O)C[C@@H]3C(=O)N(OS(=O)(=O)O)C3(C)C)c3csc(N)n3)C(=O)O)ccc12. The average Bonchev–Trinajstić information content (AvgIpc) is 3.50. The van der Waals surface area contributed by atoms with Crippen LogP contribution < -0.4 is 14.9 Å². The number of ether oxygens (including phenoxy) is 1. The maximum Gasteiger partial charge on any atom is 0.418 e. The molecule has 0 radical (unpaired) electrons. The Morgan fingerprint density at radius 1 is 1.29 bits per heavy atom. The molecule has 1 amide bonds. The number of fused-ring (bicyclic) bond motifs is 1. The van der Waals surface area contributed by atoms with Gasteiger partial charge in [0.05, 0.1) is 18.5 Å². The Bertz CT molecular complexity index is 1780. The van der Waals surface area contributed by atoms with E-state index in [0.717, 1.165) is 23.4 Å². The van der Waals surface area contributed by atoms with E-state index in [2.05, 4.69) is 19.0 Å². The highest BCUT2D eigenvalue weighted by molar-refractivity contribution is 7.80. The van der Waals surface area contributed by atoms with Gasteiger partial charge in [0.15, 0.2) is 22.4 Å². The Hall–Kier alpha value is -4.13. The fraction of sp³-hybridized carbons (Fsp3) is 0.481. The van der Waals surface area contributed by atoms with Crippen LogP contribution in [0.4, 0.5) is 5.13 Å². The van der Waals surface area contributed by atoms with Crippen LogP contribution in [0, 0.1) is 11.8 Å². The molecule has 2 fully saturated rings. The number of oxime groups is 1. The molecule has 242 valence electrons.